The summed E-state index contributed by atoms with van der Waals surface area (Å²) < 4.78 is 5.55. The number of rotatable bonds is 2. The first kappa shape index (κ1) is 17.1. The SMILES string of the molecule is Cc1oc(C)c(C(=O)N2CCN(C(=O)c3cccc(O)c3)CC2)c1C. The molecule has 0 aliphatic carbocycles. The number of aromatic hydroxyl groups is 1. The van der Waals surface area contributed by atoms with E-state index in [1.54, 1.807) is 28.9 Å². The number of hydrogen-bond donors (Lipinski definition) is 1. The van der Waals surface area contributed by atoms with Gasteiger partial charge in [0.05, 0.1) is 5.56 Å². The average molecular weight is 342 g/mol. The normalized spacial score (nSPS) is 14.7. The maximum atomic E-state index is 12.8. The van der Waals surface area contributed by atoms with Crippen molar-refractivity contribution in [2.45, 2.75) is 20.8 Å². The lowest BCUT2D eigenvalue weighted by Gasteiger charge is -2.35. The molecule has 1 aliphatic rings. The number of carbonyl (C=O) groups excluding carboxylic acids is 2. The molecular weight excluding hydrogens is 320 g/mol. The summed E-state index contributed by atoms with van der Waals surface area (Å²) in [6.07, 6.45) is 0. The van der Waals surface area contributed by atoms with Crippen LogP contribution in [0.3, 0.4) is 0 Å². The fraction of sp³-hybridized carbons (Fsp3) is 0.368. The van der Waals surface area contributed by atoms with Gasteiger partial charge in [-0.15, -0.1) is 0 Å². The predicted molar refractivity (Wildman–Crippen MR) is 92.8 cm³/mol. The number of phenols is 1. The smallest absolute Gasteiger partial charge is 0.257 e. The molecule has 0 atom stereocenters. The van der Waals surface area contributed by atoms with Crippen molar-refractivity contribution >= 4 is 11.8 Å². The van der Waals surface area contributed by atoms with Crippen molar-refractivity contribution in [3.63, 3.8) is 0 Å². The van der Waals surface area contributed by atoms with Crippen molar-refractivity contribution in [3.8, 4) is 5.75 Å². The van der Waals surface area contributed by atoms with Crippen LogP contribution in [0.1, 0.15) is 37.8 Å². The Hall–Kier alpha value is -2.76. The van der Waals surface area contributed by atoms with E-state index in [0.29, 0.717) is 43.1 Å². The number of nitrogens with zero attached hydrogens (tertiary/aromatic N) is 2. The summed E-state index contributed by atoms with van der Waals surface area (Å²) in [5, 5.41) is 9.52. The predicted octanol–water partition coefficient (Wildman–Crippen LogP) is 2.51. The van der Waals surface area contributed by atoms with Crippen molar-refractivity contribution < 1.29 is 19.1 Å². The van der Waals surface area contributed by atoms with E-state index < -0.39 is 0 Å². The Morgan fingerprint density at radius 3 is 2.08 bits per heavy atom. The first-order valence-corrected chi connectivity index (χ1v) is 8.32. The Bertz CT molecular complexity index is 817. The van der Waals surface area contributed by atoms with E-state index in [0.717, 1.165) is 11.3 Å². The molecule has 0 bridgehead atoms. The van der Waals surface area contributed by atoms with Gasteiger partial charge in [-0.25, -0.2) is 0 Å². The summed E-state index contributed by atoms with van der Waals surface area (Å²) in [7, 11) is 0. The Morgan fingerprint density at radius 2 is 1.56 bits per heavy atom. The van der Waals surface area contributed by atoms with Crippen LogP contribution in [0.4, 0.5) is 0 Å². The second-order valence-electron chi connectivity index (χ2n) is 6.35. The molecule has 0 spiro atoms. The highest BCUT2D eigenvalue weighted by Crippen LogP contribution is 2.23. The van der Waals surface area contributed by atoms with Crippen LogP contribution in [0.15, 0.2) is 28.7 Å². The number of amides is 2. The second kappa shape index (κ2) is 6.63. The van der Waals surface area contributed by atoms with Gasteiger partial charge in [-0.05, 0) is 39.0 Å². The summed E-state index contributed by atoms with van der Waals surface area (Å²) in [4.78, 5) is 28.7. The number of carbonyl (C=O) groups is 2. The summed E-state index contributed by atoms with van der Waals surface area (Å²) in [5.41, 5.74) is 1.96. The fourth-order valence-electron chi connectivity index (χ4n) is 3.20. The standard InChI is InChI=1S/C19H22N2O4/c1-12-13(2)25-14(3)17(12)19(24)21-9-7-20(8-10-21)18(23)15-5-4-6-16(22)11-15/h4-6,11,22H,7-10H2,1-3H3. The van der Waals surface area contributed by atoms with Crippen LogP contribution in [-0.2, 0) is 0 Å². The van der Waals surface area contributed by atoms with E-state index in [9.17, 15) is 14.7 Å². The minimum absolute atomic E-state index is 0.0451. The fourth-order valence-corrected chi connectivity index (χ4v) is 3.20. The molecule has 1 aliphatic heterocycles. The lowest BCUT2D eigenvalue weighted by molar-refractivity contribution is 0.0534. The van der Waals surface area contributed by atoms with Crippen LogP contribution in [-0.4, -0.2) is 52.9 Å². The third-order valence-corrected chi connectivity index (χ3v) is 4.72. The Kier molecular flexibility index (Phi) is 4.53. The Labute approximate surface area is 146 Å². The van der Waals surface area contributed by atoms with Gasteiger partial charge in [0, 0.05) is 37.3 Å². The topological polar surface area (TPSA) is 74.0 Å². The second-order valence-corrected chi connectivity index (χ2v) is 6.35. The molecule has 0 saturated carbocycles. The van der Waals surface area contributed by atoms with E-state index >= 15 is 0 Å². The molecule has 2 heterocycles. The largest absolute Gasteiger partial charge is 0.508 e. The van der Waals surface area contributed by atoms with Gasteiger partial charge in [0.25, 0.3) is 11.8 Å². The molecule has 2 aromatic rings. The number of phenolic OH excluding ortho intramolecular Hbond substituents is 1. The van der Waals surface area contributed by atoms with Gasteiger partial charge in [0.2, 0.25) is 0 Å². The van der Waals surface area contributed by atoms with Crippen molar-refractivity contribution in [1.82, 2.24) is 9.80 Å². The van der Waals surface area contributed by atoms with E-state index in [2.05, 4.69) is 0 Å². The maximum Gasteiger partial charge on any atom is 0.257 e. The number of aryl methyl sites for hydroxylation is 2. The van der Waals surface area contributed by atoms with Crippen molar-refractivity contribution in [2.24, 2.45) is 0 Å². The molecular formula is C19H22N2O4. The quantitative estimate of drug-likeness (QED) is 0.910. The summed E-state index contributed by atoms with van der Waals surface area (Å²) in [6.45, 7) is 7.43. The van der Waals surface area contributed by atoms with Gasteiger partial charge in [-0.1, -0.05) is 6.07 Å². The van der Waals surface area contributed by atoms with Crippen LogP contribution in [0, 0.1) is 20.8 Å². The zero-order valence-corrected chi connectivity index (χ0v) is 14.7. The maximum absolute atomic E-state index is 12.8. The van der Waals surface area contributed by atoms with Crippen LogP contribution in [0.2, 0.25) is 0 Å². The third kappa shape index (κ3) is 3.24. The van der Waals surface area contributed by atoms with Crippen molar-refractivity contribution in [3.05, 3.63) is 52.5 Å². The summed E-state index contributed by atoms with van der Waals surface area (Å²) in [5.74, 6) is 1.29. The third-order valence-electron chi connectivity index (χ3n) is 4.72. The Morgan fingerprint density at radius 1 is 0.960 bits per heavy atom. The lowest BCUT2D eigenvalue weighted by atomic mass is 10.1. The first-order chi connectivity index (χ1) is 11.9. The minimum atomic E-state index is -0.130. The molecule has 0 unspecified atom stereocenters. The molecule has 1 saturated heterocycles. The van der Waals surface area contributed by atoms with Gasteiger partial charge in [0.1, 0.15) is 17.3 Å². The highest BCUT2D eigenvalue weighted by Gasteiger charge is 2.28. The number of benzene rings is 1. The zero-order chi connectivity index (χ0) is 18.1. The van der Waals surface area contributed by atoms with Gasteiger partial charge in [-0.2, -0.15) is 0 Å². The summed E-state index contributed by atoms with van der Waals surface area (Å²) >= 11 is 0. The van der Waals surface area contributed by atoms with Gasteiger partial charge < -0.3 is 19.3 Å². The summed E-state index contributed by atoms with van der Waals surface area (Å²) in [6, 6.07) is 6.32. The lowest BCUT2D eigenvalue weighted by Crippen LogP contribution is -2.50. The van der Waals surface area contributed by atoms with Gasteiger partial charge in [0.15, 0.2) is 0 Å². The molecule has 2 amide bonds. The number of furan rings is 1. The van der Waals surface area contributed by atoms with E-state index in [1.807, 2.05) is 13.8 Å². The van der Waals surface area contributed by atoms with E-state index in [4.69, 9.17) is 4.42 Å². The first-order valence-electron chi connectivity index (χ1n) is 8.32. The monoisotopic (exact) mass is 342 g/mol. The number of hydrogen-bond acceptors (Lipinski definition) is 4. The van der Waals surface area contributed by atoms with Crippen LogP contribution < -0.4 is 0 Å². The van der Waals surface area contributed by atoms with Gasteiger partial charge in [-0.3, -0.25) is 9.59 Å². The van der Waals surface area contributed by atoms with Crippen LogP contribution in [0.25, 0.3) is 0 Å². The average Bonchev–Trinajstić information content (AvgIpc) is 2.86. The highest BCUT2D eigenvalue weighted by molar-refractivity contribution is 5.97. The zero-order valence-electron chi connectivity index (χ0n) is 14.7. The highest BCUT2D eigenvalue weighted by atomic mass is 16.3. The molecule has 6 nitrogen and oxygen atoms in total. The van der Waals surface area contributed by atoms with Crippen LogP contribution >= 0.6 is 0 Å². The molecule has 1 aromatic carbocycles. The Balaban J connectivity index is 1.67. The van der Waals surface area contributed by atoms with Crippen molar-refractivity contribution in [1.29, 1.82) is 0 Å². The molecule has 1 N–H and O–H groups in total. The number of piperazine rings is 1. The van der Waals surface area contributed by atoms with E-state index in [1.165, 1.54) is 12.1 Å². The minimum Gasteiger partial charge on any atom is -0.508 e. The molecule has 132 valence electrons. The molecule has 1 aromatic heterocycles. The molecule has 0 radical (unpaired) electrons. The molecule has 25 heavy (non-hydrogen) atoms. The van der Waals surface area contributed by atoms with Gasteiger partial charge >= 0.3 is 0 Å². The molecule has 3 rings (SSSR count). The van der Waals surface area contributed by atoms with E-state index in [-0.39, 0.29) is 17.6 Å². The molecule has 1 fully saturated rings. The van der Waals surface area contributed by atoms with Crippen molar-refractivity contribution in [2.75, 3.05) is 26.2 Å². The van der Waals surface area contributed by atoms with Crippen LogP contribution in [0.5, 0.6) is 5.75 Å². The molecule has 6 heteroatoms.